The van der Waals surface area contributed by atoms with Gasteiger partial charge in [0.05, 0.1) is 18.6 Å². The fraction of sp³-hybridized carbons (Fsp3) is 0.885. The number of ether oxygens (including phenoxy) is 5. The molecule has 8 nitrogen and oxygen atoms in total. The van der Waals surface area contributed by atoms with Gasteiger partial charge >= 0.3 is 29.8 Å². The predicted octanol–water partition coefficient (Wildman–Crippen LogP) is 4.92. The van der Waals surface area contributed by atoms with E-state index in [0.29, 0.717) is 26.7 Å². The van der Waals surface area contributed by atoms with Gasteiger partial charge in [0.25, 0.3) is 5.92 Å². The normalized spacial score (nSPS) is 33.6. The van der Waals surface area contributed by atoms with Gasteiger partial charge in [-0.1, -0.05) is 27.7 Å². The van der Waals surface area contributed by atoms with Crippen LogP contribution in [0, 0.1) is 22.2 Å². The van der Waals surface area contributed by atoms with E-state index in [9.17, 15) is 40.7 Å². The lowest BCUT2D eigenvalue weighted by Gasteiger charge is -2.54. The molecule has 14 heteroatoms. The van der Waals surface area contributed by atoms with Crippen molar-refractivity contribution in [2.24, 2.45) is 22.2 Å². The number of hydrogen-bond donors (Lipinski definition) is 0. The van der Waals surface area contributed by atoms with Crippen molar-refractivity contribution in [2.45, 2.75) is 96.9 Å². The van der Waals surface area contributed by atoms with E-state index in [-0.39, 0.29) is 0 Å². The molecule has 230 valence electrons. The summed E-state index contributed by atoms with van der Waals surface area (Å²) in [5, 5.41) is 0. The maximum absolute atomic E-state index is 13.9. The molecule has 1 aliphatic heterocycles. The standard InChI is InChI=1S/C26H36F6O8/c1-7-25(31,32)19(35)37-12-24(11-36-16(33)10-22(5,27)28)13-38-26(39-14-24)17(40-18(34)23(6,29)30)15-8-9-21(26,4)20(15,2)3/h15,17H,7-14H2,1-6H3. The first kappa shape index (κ1) is 32.4. The summed E-state index contributed by atoms with van der Waals surface area (Å²) in [5.74, 6) is -18.1. The summed E-state index contributed by atoms with van der Waals surface area (Å²) >= 11 is 0. The van der Waals surface area contributed by atoms with Crippen LogP contribution in [0.1, 0.15) is 67.2 Å². The summed E-state index contributed by atoms with van der Waals surface area (Å²) in [6.45, 7) is 5.02. The van der Waals surface area contributed by atoms with Gasteiger partial charge in [0.1, 0.15) is 19.6 Å². The van der Waals surface area contributed by atoms with Gasteiger partial charge in [-0.3, -0.25) is 4.79 Å². The number of rotatable bonds is 10. The molecule has 2 aliphatic carbocycles. The minimum Gasteiger partial charge on any atom is -0.465 e. The van der Waals surface area contributed by atoms with Crippen LogP contribution < -0.4 is 0 Å². The molecule has 0 aromatic carbocycles. The third-order valence-electron chi connectivity index (χ3n) is 8.84. The van der Waals surface area contributed by atoms with Crippen LogP contribution in [0.2, 0.25) is 0 Å². The van der Waals surface area contributed by atoms with Gasteiger partial charge in [-0.25, -0.2) is 18.4 Å². The van der Waals surface area contributed by atoms with Gasteiger partial charge < -0.3 is 23.7 Å². The number of carbonyl (C=O) groups is 3. The maximum Gasteiger partial charge on any atom is 0.377 e. The Hall–Kier alpha value is -2.09. The molecular weight excluding hydrogens is 554 g/mol. The molecule has 3 rings (SSSR count). The molecule has 3 unspecified atom stereocenters. The molecule has 0 aromatic heterocycles. The highest BCUT2D eigenvalue weighted by molar-refractivity contribution is 5.77. The van der Waals surface area contributed by atoms with Gasteiger partial charge in [0.2, 0.25) is 5.79 Å². The first-order valence-corrected chi connectivity index (χ1v) is 13.0. The molecule has 2 saturated carbocycles. The highest BCUT2D eigenvalue weighted by atomic mass is 19.3. The molecule has 0 aromatic rings. The number of hydrogen-bond acceptors (Lipinski definition) is 8. The Morgan fingerprint density at radius 1 is 0.900 bits per heavy atom. The molecule has 1 spiro atoms. The van der Waals surface area contributed by atoms with E-state index in [1.165, 1.54) is 0 Å². The van der Waals surface area contributed by atoms with E-state index in [4.69, 9.17) is 23.7 Å². The van der Waals surface area contributed by atoms with Gasteiger partial charge in [-0.05, 0) is 25.2 Å². The highest BCUT2D eigenvalue weighted by Gasteiger charge is 2.78. The molecule has 0 N–H and O–H groups in total. The van der Waals surface area contributed by atoms with Crippen LogP contribution in [0.25, 0.3) is 0 Å². The molecule has 2 bridgehead atoms. The maximum atomic E-state index is 13.9. The van der Waals surface area contributed by atoms with E-state index in [1.54, 1.807) is 6.92 Å². The molecule has 3 aliphatic rings. The van der Waals surface area contributed by atoms with Crippen LogP contribution in [0.5, 0.6) is 0 Å². The van der Waals surface area contributed by atoms with Crippen molar-refractivity contribution in [3.63, 3.8) is 0 Å². The topological polar surface area (TPSA) is 97.4 Å². The predicted molar refractivity (Wildman–Crippen MR) is 125 cm³/mol. The largest absolute Gasteiger partial charge is 0.465 e. The average molecular weight is 591 g/mol. The Morgan fingerprint density at radius 3 is 1.95 bits per heavy atom. The zero-order valence-electron chi connectivity index (χ0n) is 23.3. The van der Waals surface area contributed by atoms with E-state index in [2.05, 4.69) is 0 Å². The van der Waals surface area contributed by atoms with Crippen LogP contribution >= 0.6 is 0 Å². The van der Waals surface area contributed by atoms with Crippen LogP contribution in [0.15, 0.2) is 0 Å². The van der Waals surface area contributed by atoms with Gasteiger partial charge in [0, 0.05) is 24.7 Å². The van der Waals surface area contributed by atoms with Gasteiger partial charge in [0.15, 0.2) is 6.10 Å². The molecule has 40 heavy (non-hydrogen) atoms. The molecule has 0 radical (unpaired) electrons. The van der Waals surface area contributed by atoms with Crippen LogP contribution in [-0.4, -0.2) is 74.0 Å². The van der Waals surface area contributed by atoms with Crippen molar-refractivity contribution in [1.29, 1.82) is 0 Å². The Kier molecular flexibility index (Phi) is 8.37. The van der Waals surface area contributed by atoms with E-state index in [0.717, 1.165) is 6.92 Å². The first-order valence-electron chi connectivity index (χ1n) is 13.0. The number of fused-ring (bicyclic) bond motifs is 3. The van der Waals surface area contributed by atoms with Crippen LogP contribution in [0.4, 0.5) is 26.3 Å². The molecule has 3 atom stereocenters. The van der Waals surface area contributed by atoms with E-state index >= 15 is 0 Å². The van der Waals surface area contributed by atoms with Crippen LogP contribution in [-0.2, 0) is 38.1 Å². The van der Waals surface area contributed by atoms with Crippen LogP contribution in [0.3, 0.4) is 0 Å². The van der Waals surface area contributed by atoms with E-state index < -0.39 is 109 Å². The van der Waals surface area contributed by atoms with Crippen molar-refractivity contribution in [3.8, 4) is 0 Å². The third kappa shape index (κ3) is 5.66. The first-order chi connectivity index (χ1) is 18.1. The Labute approximate surface area is 228 Å². The Bertz CT molecular complexity index is 996. The zero-order chi connectivity index (χ0) is 30.6. The minimum atomic E-state index is -3.81. The lowest BCUT2D eigenvalue weighted by atomic mass is 9.68. The highest BCUT2D eigenvalue weighted by Crippen LogP contribution is 2.72. The average Bonchev–Trinajstić information content (AvgIpc) is 3.13. The number of halogens is 6. The number of alkyl halides is 6. The van der Waals surface area contributed by atoms with Gasteiger partial charge in [-0.2, -0.15) is 17.6 Å². The molecule has 1 heterocycles. The van der Waals surface area contributed by atoms with Gasteiger partial charge in [-0.15, -0.1) is 0 Å². The summed E-state index contributed by atoms with van der Waals surface area (Å²) in [4.78, 5) is 36.2. The second-order valence-corrected chi connectivity index (χ2v) is 12.2. The number of esters is 3. The summed E-state index contributed by atoms with van der Waals surface area (Å²) in [6.07, 6.45) is -2.36. The Morgan fingerprint density at radius 2 is 1.45 bits per heavy atom. The lowest BCUT2D eigenvalue weighted by molar-refractivity contribution is -0.382. The smallest absolute Gasteiger partial charge is 0.377 e. The zero-order valence-corrected chi connectivity index (χ0v) is 23.3. The third-order valence-corrected chi connectivity index (χ3v) is 8.84. The van der Waals surface area contributed by atoms with Crippen molar-refractivity contribution in [1.82, 2.24) is 0 Å². The second-order valence-electron chi connectivity index (χ2n) is 12.2. The fourth-order valence-corrected chi connectivity index (χ4v) is 5.95. The summed E-state index contributed by atoms with van der Waals surface area (Å²) in [7, 11) is 0. The van der Waals surface area contributed by atoms with E-state index in [1.807, 2.05) is 13.8 Å². The molecular formula is C26H36F6O8. The lowest BCUT2D eigenvalue weighted by Crippen LogP contribution is -2.65. The fourth-order valence-electron chi connectivity index (χ4n) is 5.95. The molecule has 3 fully saturated rings. The van der Waals surface area contributed by atoms with Crippen molar-refractivity contribution >= 4 is 17.9 Å². The van der Waals surface area contributed by atoms with Crippen molar-refractivity contribution in [3.05, 3.63) is 0 Å². The number of carbonyl (C=O) groups excluding carboxylic acids is 3. The SMILES string of the molecule is CCC(F)(F)C(=O)OCC1(COC(=O)CC(C)(F)F)COC2(OC1)C(OC(=O)C(C)(F)F)C1CCC2(C)C1(C)C. The second kappa shape index (κ2) is 10.3. The van der Waals surface area contributed by atoms with Crippen molar-refractivity contribution < 1.29 is 64.4 Å². The quantitative estimate of drug-likeness (QED) is 0.201. The monoisotopic (exact) mass is 590 g/mol. The summed E-state index contributed by atoms with van der Waals surface area (Å²) in [6, 6.07) is 0. The molecule has 0 amide bonds. The molecule has 1 saturated heterocycles. The Balaban J connectivity index is 1.89. The summed E-state index contributed by atoms with van der Waals surface area (Å²) in [5.41, 5.74) is -3.12. The van der Waals surface area contributed by atoms with Crippen molar-refractivity contribution in [2.75, 3.05) is 26.4 Å². The minimum absolute atomic E-state index is 0.393. The summed E-state index contributed by atoms with van der Waals surface area (Å²) < 4.78 is 109.